The molecule has 3 N–H and O–H groups in total. The summed E-state index contributed by atoms with van der Waals surface area (Å²) < 4.78 is 5.14. The van der Waals surface area contributed by atoms with Gasteiger partial charge in [0, 0.05) is 17.9 Å². The van der Waals surface area contributed by atoms with Gasteiger partial charge in [0.05, 0.1) is 13.2 Å². The zero-order chi connectivity index (χ0) is 15.2. The van der Waals surface area contributed by atoms with Gasteiger partial charge in [-0.3, -0.25) is 4.79 Å². The molecule has 0 unspecified atom stereocenters. The minimum atomic E-state index is -1.26. The number of carbonyl (C=O) groups excluding carboxylic acids is 1. The van der Waals surface area contributed by atoms with Crippen molar-refractivity contribution in [3.05, 3.63) is 17.5 Å². The zero-order valence-corrected chi connectivity index (χ0v) is 12.3. The number of amides is 1. The van der Waals surface area contributed by atoms with E-state index in [0.29, 0.717) is 5.69 Å². The molecule has 1 amide bonds. The average Bonchev–Trinajstić information content (AvgIpc) is 2.89. The Morgan fingerprint density at radius 2 is 2.25 bits per heavy atom. The number of hydrogen-bond acceptors (Lipinski definition) is 5. The van der Waals surface area contributed by atoms with Gasteiger partial charge in [0.1, 0.15) is 17.6 Å². The number of aliphatic hydroxyl groups is 2. The van der Waals surface area contributed by atoms with Gasteiger partial charge in [0.2, 0.25) is 5.91 Å². The van der Waals surface area contributed by atoms with E-state index in [4.69, 9.17) is 9.63 Å². The SMILES string of the molecule is CCCCc1cc(CNC(=O)[C@H](O)C(C)(C)CO)no1. The van der Waals surface area contributed by atoms with Crippen LogP contribution >= 0.6 is 0 Å². The Balaban J connectivity index is 2.46. The predicted molar refractivity (Wildman–Crippen MR) is 73.8 cm³/mol. The lowest BCUT2D eigenvalue weighted by atomic mass is 9.87. The maximum Gasteiger partial charge on any atom is 0.249 e. The second-order valence-electron chi connectivity index (χ2n) is 5.66. The van der Waals surface area contributed by atoms with E-state index in [-0.39, 0.29) is 13.2 Å². The summed E-state index contributed by atoms with van der Waals surface area (Å²) in [6, 6.07) is 1.81. The Morgan fingerprint density at radius 1 is 1.55 bits per heavy atom. The average molecular weight is 284 g/mol. The van der Waals surface area contributed by atoms with Crippen molar-refractivity contribution in [1.82, 2.24) is 10.5 Å². The normalized spacial score (nSPS) is 13.2. The molecular weight excluding hydrogens is 260 g/mol. The molecule has 0 saturated heterocycles. The Hall–Kier alpha value is -1.40. The Bertz CT molecular complexity index is 429. The number of aryl methyl sites for hydroxylation is 1. The molecule has 6 nitrogen and oxygen atoms in total. The van der Waals surface area contributed by atoms with Crippen LogP contribution in [0.5, 0.6) is 0 Å². The van der Waals surface area contributed by atoms with E-state index in [2.05, 4.69) is 17.4 Å². The van der Waals surface area contributed by atoms with Crippen LogP contribution in [0, 0.1) is 5.41 Å². The fourth-order valence-corrected chi connectivity index (χ4v) is 1.62. The summed E-state index contributed by atoms with van der Waals surface area (Å²) in [4.78, 5) is 11.8. The third kappa shape index (κ3) is 4.61. The van der Waals surface area contributed by atoms with Crippen LogP contribution in [0.15, 0.2) is 10.6 Å². The second kappa shape index (κ2) is 7.40. The lowest BCUT2D eigenvalue weighted by Crippen LogP contribution is -2.45. The first-order valence-corrected chi connectivity index (χ1v) is 6.91. The van der Waals surface area contributed by atoms with Gasteiger partial charge in [0.25, 0.3) is 0 Å². The summed E-state index contributed by atoms with van der Waals surface area (Å²) in [6.07, 6.45) is 1.68. The number of nitrogens with one attached hydrogen (secondary N) is 1. The lowest BCUT2D eigenvalue weighted by molar-refractivity contribution is -0.137. The van der Waals surface area contributed by atoms with E-state index < -0.39 is 17.4 Å². The topological polar surface area (TPSA) is 95.6 Å². The van der Waals surface area contributed by atoms with Crippen LogP contribution in [0.1, 0.15) is 45.1 Å². The number of carbonyl (C=O) groups is 1. The van der Waals surface area contributed by atoms with Crippen LogP contribution in [-0.2, 0) is 17.8 Å². The maximum absolute atomic E-state index is 11.8. The van der Waals surface area contributed by atoms with Gasteiger partial charge >= 0.3 is 0 Å². The number of nitrogens with zero attached hydrogens (tertiary/aromatic N) is 1. The van der Waals surface area contributed by atoms with Crippen molar-refractivity contribution in [1.29, 1.82) is 0 Å². The lowest BCUT2D eigenvalue weighted by Gasteiger charge is -2.26. The molecule has 0 fully saturated rings. The molecular formula is C14H24N2O4. The molecule has 0 radical (unpaired) electrons. The Morgan fingerprint density at radius 3 is 2.85 bits per heavy atom. The molecule has 1 rings (SSSR count). The monoisotopic (exact) mass is 284 g/mol. The number of hydrogen-bond donors (Lipinski definition) is 3. The third-order valence-corrected chi connectivity index (χ3v) is 3.22. The molecule has 1 heterocycles. The van der Waals surface area contributed by atoms with E-state index in [0.717, 1.165) is 25.0 Å². The minimum absolute atomic E-state index is 0.201. The molecule has 6 heteroatoms. The fourth-order valence-electron chi connectivity index (χ4n) is 1.62. The molecule has 114 valence electrons. The standard InChI is InChI=1S/C14H24N2O4/c1-4-5-6-11-7-10(16-20-11)8-15-13(19)12(18)14(2,3)9-17/h7,12,17-18H,4-6,8-9H2,1-3H3,(H,15,19)/t12-/m0/s1. The number of unbranched alkanes of at least 4 members (excludes halogenated alkanes) is 1. The largest absolute Gasteiger partial charge is 0.396 e. The molecule has 0 saturated carbocycles. The molecule has 0 spiro atoms. The van der Waals surface area contributed by atoms with Crippen LogP contribution in [0.4, 0.5) is 0 Å². The quantitative estimate of drug-likeness (QED) is 0.662. The highest BCUT2D eigenvalue weighted by molar-refractivity contribution is 5.81. The first-order valence-electron chi connectivity index (χ1n) is 6.91. The van der Waals surface area contributed by atoms with Crippen LogP contribution in [0.3, 0.4) is 0 Å². The van der Waals surface area contributed by atoms with E-state index in [1.807, 2.05) is 0 Å². The van der Waals surface area contributed by atoms with Gasteiger partial charge in [-0.05, 0) is 6.42 Å². The fraction of sp³-hybridized carbons (Fsp3) is 0.714. The van der Waals surface area contributed by atoms with Gasteiger partial charge in [-0.1, -0.05) is 32.3 Å². The van der Waals surface area contributed by atoms with Crippen molar-refractivity contribution in [3.8, 4) is 0 Å². The van der Waals surface area contributed by atoms with Crippen molar-refractivity contribution >= 4 is 5.91 Å². The minimum Gasteiger partial charge on any atom is -0.396 e. The highest BCUT2D eigenvalue weighted by atomic mass is 16.5. The highest BCUT2D eigenvalue weighted by Gasteiger charge is 2.32. The molecule has 1 atom stereocenters. The molecule has 0 aliphatic rings. The Kier molecular flexibility index (Phi) is 6.16. The van der Waals surface area contributed by atoms with Gasteiger partial charge in [-0.25, -0.2) is 0 Å². The van der Waals surface area contributed by atoms with Gasteiger partial charge in [0.15, 0.2) is 0 Å². The molecule has 0 aromatic carbocycles. The van der Waals surface area contributed by atoms with Crippen molar-refractivity contribution in [2.75, 3.05) is 6.61 Å². The van der Waals surface area contributed by atoms with Gasteiger partial charge in [-0.2, -0.15) is 0 Å². The summed E-state index contributed by atoms with van der Waals surface area (Å²) in [5.41, 5.74) is -0.251. The van der Waals surface area contributed by atoms with E-state index in [1.165, 1.54) is 0 Å². The van der Waals surface area contributed by atoms with Crippen molar-refractivity contribution < 1.29 is 19.5 Å². The summed E-state index contributed by atoms with van der Waals surface area (Å²) in [6.45, 7) is 5.27. The van der Waals surface area contributed by atoms with Crippen molar-refractivity contribution in [2.24, 2.45) is 5.41 Å². The van der Waals surface area contributed by atoms with E-state index in [9.17, 15) is 9.90 Å². The maximum atomic E-state index is 11.8. The summed E-state index contributed by atoms with van der Waals surface area (Å²) >= 11 is 0. The molecule has 0 bridgehead atoms. The van der Waals surface area contributed by atoms with Crippen molar-refractivity contribution in [2.45, 2.75) is 52.7 Å². The first kappa shape index (κ1) is 16.7. The number of aliphatic hydroxyl groups excluding tert-OH is 2. The van der Waals surface area contributed by atoms with Crippen LogP contribution in [0.2, 0.25) is 0 Å². The first-order chi connectivity index (χ1) is 9.40. The number of rotatable bonds is 8. The third-order valence-electron chi connectivity index (χ3n) is 3.22. The molecule has 1 aromatic rings. The molecule has 1 aromatic heterocycles. The van der Waals surface area contributed by atoms with Crippen LogP contribution in [-0.4, -0.2) is 34.0 Å². The van der Waals surface area contributed by atoms with E-state index in [1.54, 1.807) is 19.9 Å². The summed E-state index contributed by atoms with van der Waals surface area (Å²) in [5, 5.41) is 25.4. The molecule has 0 aliphatic heterocycles. The second-order valence-corrected chi connectivity index (χ2v) is 5.66. The summed E-state index contributed by atoms with van der Waals surface area (Å²) in [7, 11) is 0. The van der Waals surface area contributed by atoms with Crippen molar-refractivity contribution in [3.63, 3.8) is 0 Å². The Labute approximate surface area is 119 Å². The summed E-state index contributed by atoms with van der Waals surface area (Å²) in [5.74, 6) is 0.273. The number of aromatic nitrogens is 1. The van der Waals surface area contributed by atoms with Gasteiger partial charge in [-0.15, -0.1) is 0 Å². The smallest absolute Gasteiger partial charge is 0.249 e. The highest BCUT2D eigenvalue weighted by Crippen LogP contribution is 2.19. The molecule has 20 heavy (non-hydrogen) atoms. The van der Waals surface area contributed by atoms with Crippen LogP contribution in [0.25, 0.3) is 0 Å². The zero-order valence-electron chi connectivity index (χ0n) is 12.3. The van der Waals surface area contributed by atoms with Gasteiger partial charge < -0.3 is 20.1 Å². The van der Waals surface area contributed by atoms with E-state index >= 15 is 0 Å². The van der Waals surface area contributed by atoms with Crippen LogP contribution < -0.4 is 5.32 Å². The molecule has 0 aliphatic carbocycles. The predicted octanol–water partition coefficient (Wildman–Crippen LogP) is 1.01.